The lowest BCUT2D eigenvalue weighted by Crippen LogP contribution is -2.11. The molecule has 0 atom stereocenters. The van der Waals surface area contributed by atoms with E-state index < -0.39 is 0 Å². The molecule has 5 heteroatoms. The largest absolute Gasteiger partial charge is 0.397 e. The van der Waals surface area contributed by atoms with E-state index in [-0.39, 0.29) is 11.7 Å². The minimum atomic E-state index is -0.238. The molecule has 18 heavy (non-hydrogen) atoms. The van der Waals surface area contributed by atoms with Crippen molar-refractivity contribution in [1.29, 1.82) is 0 Å². The summed E-state index contributed by atoms with van der Waals surface area (Å²) in [6, 6.07) is 8.43. The number of benzene rings is 1. The lowest BCUT2D eigenvalue weighted by Gasteiger charge is -2.05. The molecule has 2 aromatic rings. The van der Waals surface area contributed by atoms with Gasteiger partial charge < -0.3 is 11.1 Å². The van der Waals surface area contributed by atoms with Crippen LogP contribution in [-0.2, 0) is 0 Å². The molecule has 1 aromatic carbocycles. The standard InChI is InChI=1S/C13H12N2O2S/c1-8(16)9-2-4-10(5-3-9)15-13(17)12-11(14)6-7-18-12/h2-7H,14H2,1H3,(H,15,17). The Morgan fingerprint density at radius 1 is 1.17 bits per heavy atom. The van der Waals surface area contributed by atoms with Gasteiger partial charge in [-0.05, 0) is 42.6 Å². The van der Waals surface area contributed by atoms with Crippen LogP contribution < -0.4 is 11.1 Å². The van der Waals surface area contributed by atoms with Gasteiger partial charge in [0.2, 0.25) is 0 Å². The predicted octanol–water partition coefficient (Wildman–Crippen LogP) is 2.79. The highest BCUT2D eigenvalue weighted by atomic mass is 32.1. The van der Waals surface area contributed by atoms with Crippen LogP contribution in [0, 0.1) is 0 Å². The average Bonchev–Trinajstić information content (AvgIpc) is 2.76. The molecule has 1 aromatic heterocycles. The van der Waals surface area contributed by atoms with Crippen molar-refractivity contribution in [2.45, 2.75) is 6.92 Å². The van der Waals surface area contributed by atoms with E-state index in [1.807, 2.05) is 0 Å². The molecule has 3 N–H and O–H groups in total. The first-order chi connectivity index (χ1) is 8.58. The van der Waals surface area contributed by atoms with Crippen LogP contribution in [0.15, 0.2) is 35.7 Å². The molecular formula is C13H12N2O2S. The van der Waals surface area contributed by atoms with E-state index in [0.717, 1.165) is 0 Å². The van der Waals surface area contributed by atoms with E-state index in [4.69, 9.17) is 5.73 Å². The Hall–Kier alpha value is -2.14. The van der Waals surface area contributed by atoms with Gasteiger partial charge in [-0.1, -0.05) is 0 Å². The third kappa shape index (κ3) is 2.57. The number of nitrogens with one attached hydrogen (secondary N) is 1. The van der Waals surface area contributed by atoms with Gasteiger partial charge in [0.25, 0.3) is 5.91 Å². The molecule has 0 saturated heterocycles. The fourth-order valence-corrected chi connectivity index (χ4v) is 2.19. The van der Waals surface area contributed by atoms with Gasteiger partial charge in [-0.15, -0.1) is 11.3 Å². The van der Waals surface area contributed by atoms with E-state index in [1.165, 1.54) is 18.3 Å². The van der Waals surface area contributed by atoms with Crippen molar-refractivity contribution in [2.24, 2.45) is 0 Å². The molecule has 0 unspecified atom stereocenters. The first-order valence-electron chi connectivity index (χ1n) is 5.33. The van der Waals surface area contributed by atoms with Crippen molar-refractivity contribution < 1.29 is 9.59 Å². The number of rotatable bonds is 3. The second kappa shape index (κ2) is 5.01. The Morgan fingerprint density at radius 3 is 2.33 bits per heavy atom. The van der Waals surface area contributed by atoms with Gasteiger partial charge in [0, 0.05) is 11.3 Å². The highest BCUT2D eigenvalue weighted by Crippen LogP contribution is 2.20. The van der Waals surface area contributed by atoms with Crippen LogP contribution in [-0.4, -0.2) is 11.7 Å². The summed E-state index contributed by atoms with van der Waals surface area (Å²) in [6.45, 7) is 1.50. The number of amides is 1. The maximum atomic E-state index is 11.9. The first kappa shape index (κ1) is 12.3. The fourth-order valence-electron chi connectivity index (χ4n) is 1.48. The zero-order chi connectivity index (χ0) is 13.1. The number of Topliss-reactive ketones (excluding diaryl/α,β-unsaturated/α-hetero) is 1. The topological polar surface area (TPSA) is 72.2 Å². The van der Waals surface area contributed by atoms with Crippen molar-refractivity contribution in [3.63, 3.8) is 0 Å². The number of nitrogen functional groups attached to an aromatic ring is 1. The molecule has 0 bridgehead atoms. The number of thiophene rings is 1. The smallest absolute Gasteiger partial charge is 0.267 e. The number of carbonyl (C=O) groups is 2. The Balaban J connectivity index is 2.13. The number of anilines is 2. The minimum absolute atomic E-state index is 0.00428. The summed E-state index contributed by atoms with van der Waals surface area (Å²) in [5, 5.41) is 4.50. The van der Waals surface area contributed by atoms with Crippen molar-refractivity contribution >= 4 is 34.4 Å². The monoisotopic (exact) mass is 260 g/mol. The molecule has 0 aliphatic heterocycles. The van der Waals surface area contributed by atoms with Gasteiger partial charge in [0.05, 0.1) is 5.69 Å². The first-order valence-corrected chi connectivity index (χ1v) is 6.21. The van der Waals surface area contributed by atoms with Crippen LogP contribution in [0.2, 0.25) is 0 Å². The molecule has 0 spiro atoms. The lowest BCUT2D eigenvalue weighted by atomic mass is 10.1. The maximum absolute atomic E-state index is 11.9. The number of hydrogen-bond donors (Lipinski definition) is 2. The molecule has 92 valence electrons. The van der Waals surface area contributed by atoms with E-state index in [0.29, 0.717) is 21.8 Å². The van der Waals surface area contributed by atoms with E-state index in [9.17, 15) is 9.59 Å². The quantitative estimate of drug-likeness (QED) is 0.833. The molecule has 1 amide bonds. The second-order valence-electron chi connectivity index (χ2n) is 3.79. The summed E-state index contributed by atoms with van der Waals surface area (Å²) in [6.07, 6.45) is 0. The fraction of sp³-hybridized carbons (Fsp3) is 0.0769. The van der Waals surface area contributed by atoms with Crippen molar-refractivity contribution in [3.05, 3.63) is 46.2 Å². The maximum Gasteiger partial charge on any atom is 0.267 e. The van der Waals surface area contributed by atoms with E-state index in [1.54, 1.807) is 35.7 Å². The van der Waals surface area contributed by atoms with Crippen molar-refractivity contribution in [1.82, 2.24) is 0 Å². The highest BCUT2D eigenvalue weighted by molar-refractivity contribution is 7.12. The van der Waals surface area contributed by atoms with Crippen LogP contribution in [0.25, 0.3) is 0 Å². The Kier molecular flexibility index (Phi) is 3.43. The third-order valence-electron chi connectivity index (χ3n) is 2.45. The van der Waals surface area contributed by atoms with Gasteiger partial charge >= 0.3 is 0 Å². The summed E-state index contributed by atoms with van der Waals surface area (Å²) < 4.78 is 0. The molecule has 0 saturated carbocycles. The van der Waals surface area contributed by atoms with Crippen LogP contribution in [0.1, 0.15) is 27.0 Å². The van der Waals surface area contributed by atoms with Crippen LogP contribution >= 0.6 is 11.3 Å². The van der Waals surface area contributed by atoms with Gasteiger partial charge in [-0.2, -0.15) is 0 Å². The Morgan fingerprint density at radius 2 is 1.83 bits per heavy atom. The SMILES string of the molecule is CC(=O)c1ccc(NC(=O)c2sccc2N)cc1. The Labute approximate surface area is 108 Å². The average molecular weight is 260 g/mol. The zero-order valence-electron chi connectivity index (χ0n) is 9.77. The molecule has 4 nitrogen and oxygen atoms in total. The minimum Gasteiger partial charge on any atom is -0.397 e. The van der Waals surface area contributed by atoms with Gasteiger partial charge in [0.1, 0.15) is 4.88 Å². The molecule has 1 heterocycles. The van der Waals surface area contributed by atoms with Crippen molar-refractivity contribution in [2.75, 3.05) is 11.1 Å². The van der Waals surface area contributed by atoms with E-state index in [2.05, 4.69) is 5.32 Å². The second-order valence-corrected chi connectivity index (χ2v) is 4.71. The zero-order valence-corrected chi connectivity index (χ0v) is 10.6. The lowest BCUT2D eigenvalue weighted by molar-refractivity contribution is 0.101. The predicted molar refractivity (Wildman–Crippen MR) is 73.1 cm³/mol. The molecule has 0 fully saturated rings. The summed E-state index contributed by atoms with van der Waals surface area (Å²) in [5.41, 5.74) is 7.39. The van der Waals surface area contributed by atoms with E-state index >= 15 is 0 Å². The Bertz CT molecular complexity index is 587. The summed E-state index contributed by atoms with van der Waals surface area (Å²) in [5.74, 6) is -0.242. The highest BCUT2D eigenvalue weighted by Gasteiger charge is 2.11. The molecule has 0 radical (unpaired) electrons. The number of carbonyl (C=O) groups excluding carboxylic acids is 2. The van der Waals surface area contributed by atoms with Crippen molar-refractivity contribution in [3.8, 4) is 0 Å². The normalized spacial score (nSPS) is 10.1. The third-order valence-corrected chi connectivity index (χ3v) is 3.38. The number of hydrogen-bond acceptors (Lipinski definition) is 4. The summed E-state index contributed by atoms with van der Waals surface area (Å²) >= 11 is 1.29. The molecule has 0 aliphatic carbocycles. The van der Waals surface area contributed by atoms with Crippen LogP contribution in [0.3, 0.4) is 0 Å². The summed E-state index contributed by atoms with van der Waals surface area (Å²) in [4.78, 5) is 23.5. The van der Waals surface area contributed by atoms with Crippen LogP contribution in [0.5, 0.6) is 0 Å². The van der Waals surface area contributed by atoms with Gasteiger partial charge in [0.15, 0.2) is 5.78 Å². The van der Waals surface area contributed by atoms with Gasteiger partial charge in [-0.3, -0.25) is 9.59 Å². The molecule has 2 rings (SSSR count). The number of nitrogens with two attached hydrogens (primary N) is 1. The number of ketones is 1. The molecular weight excluding hydrogens is 248 g/mol. The van der Waals surface area contributed by atoms with Gasteiger partial charge in [-0.25, -0.2) is 0 Å². The summed E-state index contributed by atoms with van der Waals surface area (Å²) in [7, 11) is 0. The van der Waals surface area contributed by atoms with Crippen LogP contribution in [0.4, 0.5) is 11.4 Å². The molecule has 0 aliphatic rings.